The van der Waals surface area contributed by atoms with Gasteiger partial charge in [-0.1, -0.05) is 24.3 Å². The van der Waals surface area contributed by atoms with E-state index in [2.05, 4.69) is 10.3 Å². The SMILES string of the molecule is CN(Cc1nc2ccccc2s1)C(C(=O)NC1CC1)c1ccc(F)cc1. The summed E-state index contributed by atoms with van der Waals surface area (Å²) in [7, 11) is 1.91. The van der Waals surface area contributed by atoms with E-state index in [9.17, 15) is 9.18 Å². The average Bonchev–Trinajstić information content (AvgIpc) is 3.33. The standard InChI is InChI=1S/C20H20FN3OS/c1-24(12-18-23-16-4-2-3-5-17(16)26-18)19(20(25)22-15-10-11-15)13-6-8-14(21)9-7-13/h2-9,15,19H,10-12H2,1H3,(H,22,25). The normalized spacial score (nSPS) is 15.3. The molecule has 6 heteroatoms. The summed E-state index contributed by atoms with van der Waals surface area (Å²) >= 11 is 1.63. The number of aromatic nitrogens is 1. The summed E-state index contributed by atoms with van der Waals surface area (Å²) in [5, 5.41) is 4.03. The lowest BCUT2D eigenvalue weighted by molar-refractivity contribution is -0.126. The van der Waals surface area contributed by atoms with Crippen molar-refractivity contribution in [3.63, 3.8) is 0 Å². The first-order valence-electron chi connectivity index (χ1n) is 8.71. The van der Waals surface area contributed by atoms with Gasteiger partial charge in [-0.15, -0.1) is 11.3 Å². The first-order chi connectivity index (χ1) is 12.6. The summed E-state index contributed by atoms with van der Waals surface area (Å²) in [6.45, 7) is 0.555. The van der Waals surface area contributed by atoms with Gasteiger partial charge in [-0.25, -0.2) is 9.37 Å². The molecule has 1 heterocycles. The van der Waals surface area contributed by atoms with Crippen LogP contribution in [0.25, 0.3) is 10.2 Å². The van der Waals surface area contributed by atoms with E-state index >= 15 is 0 Å². The van der Waals surface area contributed by atoms with Crippen LogP contribution in [0.15, 0.2) is 48.5 Å². The number of thiazole rings is 1. The molecule has 1 aromatic heterocycles. The van der Waals surface area contributed by atoms with Crippen molar-refractivity contribution in [2.24, 2.45) is 0 Å². The van der Waals surface area contributed by atoms with E-state index in [0.29, 0.717) is 6.54 Å². The van der Waals surface area contributed by atoms with Gasteiger partial charge in [-0.3, -0.25) is 9.69 Å². The highest BCUT2D eigenvalue weighted by Gasteiger charge is 2.31. The minimum absolute atomic E-state index is 0.0391. The molecule has 4 rings (SSSR count). The molecule has 2 aromatic carbocycles. The zero-order valence-corrected chi connectivity index (χ0v) is 15.3. The number of nitrogens with one attached hydrogen (secondary N) is 1. The van der Waals surface area contributed by atoms with Crippen LogP contribution < -0.4 is 5.32 Å². The molecule has 0 aliphatic heterocycles. The van der Waals surface area contributed by atoms with Crippen LogP contribution in [0.5, 0.6) is 0 Å². The molecule has 0 spiro atoms. The lowest BCUT2D eigenvalue weighted by atomic mass is 10.0. The molecular formula is C20H20FN3OS. The van der Waals surface area contributed by atoms with Crippen molar-refractivity contribution in [2.75, 3.05) is 7.05 Å². The third-order valence-electron chi connectivity index (χ3n) is 4.52. The minimum atomic E-state index is -0.469. The number of hydrogen-bond acceptors (Lipinski definition) is 4. The van der Waals surface area contributed by atoms with Crippen LogP contribution in [0.4, 0.5) is 4.39 Å². The molecule has 0 saturated heterocycles. The Labute approximate surface area is 155 Å². The van der Waals surface area contributed by atoms with Crippen LogP contribution >= 0.6 is 11.3 Å². The highest BCUT2D eigenvalue weighted by Crippen LogP contribution is 2.28. The molecule has 1 atom stereocenters. The van der Waals surface area contributed by atoms with E-state index in [1.807, 2.05) is 36.2 Å². The van der Waals surface area contributed by atoms with Crippen LogP contribution in [0.2, 0.25) is 0 Å². The average molecular weight is 369 g/mol. The van der Waals surface area contributed by atoms with Crippen molar-refractivity contribution in [3.05, 3.63) is 64.9 Å². The van der Waals surface area contributed by atoms with Crippen molar-refractivity contribution >= 4 is 27.5 Å². The molecule has 1 amide bonds. The Hall–Kier alpha value is -2.31. The highest BCUT2D eigenvalue weighted by molar-refractivity contribution is 7.18. The number of carbonyl (C=O) groups excluding carboxylic acids is 1. The van der Waals surface area contributed by atoms with Gasteiger partial charge >= 0.3 is 0 Å². The van der Waals surface area contributed by atoms with Gasteiger partial charge in [0.05, 0.1) is 16.8 Å². The number of benzene rings is 2. The van der Waals surface area contributed by atoms with Crippen LogP contribution in [0.1, 0.15) is 29.5 Å². The second-order valence-electron chi connectivity index (χ2n) is 6.73. The monoisotopic (exact) mass is 369 g/mol. The van der Waals surface area contributed by atoms with Crippen LogP contribution in [-0.2, 0) is 11.3 Å². The molecule has 26 heavy (non-hydrogen) atoms. The third-order valence-corrected chi connectivity index (χ3v) is 5.54. The van der Waals surface area contributed by atoms with Gasteiger partial charge < -0.3 is 5.32 Å². The van der Waals surface area contributed by atoms with Gasteiger partial charge in [0.15, 0.2) is 0 Å². The fourth-order valence-corrected chi connectivity index (χ4v) is 4.08. The molecule has 0 bridgehead atoms. The van der Waals surface area contributed by atoms with Crippen LogP contribution in [-0.4, -0.2) is 28.9 Å². The number of nitrogens with zero attached hydrogens (tertiary/aromatic N) is 2. The summed E-state index contributed by atoms with van der Waals surface area (Å²) in [4.78, 5) is 19.5. The lowest BCUT2D eigenvalue weighted by Crippen LogP contribution is -2.39. The smallest absolute Gasteiger partial charge is 0.242 e. The Morgan fingerprint density at radius 2 is 2.00 bits per heavy atom. The van der Waals surface area contributed by atoms with Gasteiger partial charge in [0.1, 0.15) is 16.9 Å². The van der Waals surface area contributed by atoms with Crippen molar-refractivity contribution in [3.8, 4) is 0 Å². The van der Waals surface area contributed by atoms with Gasteiger partial charge in [-0.05, 0) is 49.7 Å². The minimum Gasteiger partial charge on any atom is -0.352 e. The lowest BCUT2D eigenvalue weighted by Gasteiger charge is -2.27. The number of para-hydroxylation sites is 1. The maximum atomic E-state index is 13.3. The second kappa shape index (κ2) is 7.13. The van der Waals surface area contributed by atoms with E-state index in [1.54, 1.807) is 23.5 Å². The van der Waals surface area contributed by atoms with Crippen LogP contribution in [0, 0.1) is 5.82 Å². The molecule has 4 nitrogen and oxygen atoms in total. The molecule has 1 aliphatic carbocycles. The number of rotatable bonds is 6. The number of hydrogen-bond donors (Lipinski definition) is 1. The Morgan fingerprint density at radius 1 is 1.27 bits per heavy atom. The second-order valence-corrected chi connectivity index (χ2v) is 7.84. The van der Waals surface area contributed by atoms with Gasteiger partial charge in [-0.2, -0.15) is 0 Å². The van der Waals surface area contributed by atoms with Gasteiger partial charge in [0.25, 0.3) is 0 Å². The largest absolute Gasteiger partial charge is 0.352 e. The fraction of sp³-hybridized carbons (Fsp3) is 0.300. The van der Waals surface area contributed by atoms with Crippen molar-refractivity contribution in [1.29, 1.82) is 0 Å². The van der Waals surface area contributed by atoms with E-state index in [0.717, 1.165) is 33.6 Å². The first kappa shape index (κ1) is 17.1. The number of amides is 1. The molecule has 1 N–H and O–H groups in total. The predicted molar refractivity (Wildman–Crippen MR) is 101 cm³/mol. The van der Waals surface area contributed by atoms with Crippen molar-refractivity contribution in [1.82, 2.24) is 15.2 Å². The van der Waals surface area contributed by atoms with E-state index in [-0.39, 0.29) is 17.8 Å². The third kappa shape index (κ3) is 3.76. The Bertz CT molecular complexity index is 887. The van der Waals surface area contributed by atoms with E-state index in [1.165, 1.54) is 12.1 Å². The molecular weight excluding hydrogens is 349 g/mol. The molecule has 1 saturated carbocycles. The highest BCUT2D eigenvalue weighted by atomic mass is 32.1. The topological polar surface area (TPSA) is 45.2 Å². The van der Waals surface area contributed by atoms with Gasteiger partial charge in [0, 0.05) is 6.04 Å². The number of fused-ring (bicyclic) bond motifs is 1. The number of likely N-dealkylation sites (N-methyl/N-ethyl adjacent to an activating group) is 1. The van der Waals surface area contributed by atoms with Crippen molar-refractivity contribution in [2.45, 2.75) is 31.5 Å². The molecule has 1 unspecified atom stereocenters. The quantitative estimate of drug-likeness (QED) is 0.717. The molecule has 3 aromatic rings. The fourth-order valence-electron chi connectivity index (χ4n) is 3.05. The summed E-state index contributed by atoms with van der Waals surface area (Å²) in [6, 6.07) is 14.0. The maximum Gasteiger partial charge on any atom is 0.242 e. The molecule has 134 valence electrons. The summed E-state index contributed by atoms with van der Waals surface area (Å²) in [5.41, 5.74) is 1.76. The maximum absolute atomic E-state index is 13.3. The molecule has 1 aliphatic rings. The number of carbonyl (C=O) groups is 1. The Morgan fingerprint density at radius 3 is 2.69 bits per heavy atom. The first-order valence-corrected chi connectivity index (χ1v) is 9.52. The van der Waals surface area contributed by atoms with Gasteiger partial charge in [0.2, 0.25) is 5.91 Å². The summed E-state index contributed by atoms with van der Waals surface area (Å²) in [6.07, 6.45) is 2.06. The summed E-state index contributed by atoms with van der Waals surface area (Å²) in [5.74, 6) is -0.341. The molecule has 0 radical (unpaired) electrons. The summed E-state index contributed by atoms with van der Waals surface area (Å²) < 4.78 is 14.5. The zero-order chi connectivity index (χ0) is 18.1. The van der Waals surface area contributed by atoms with Crippen molar-refractivity contribution < 1.29 is 9.18 Å². The molecule has 1 fully saturated rings. The van der Waals surface area contributed by atoms with E-state index < -0.39 is 6.04 Å². The Balaban J connectivity index is 1.58. The Kier molecular flexibility index (Phi) is 4.70. The van der Waals surface area contributed by atoms with E-state index in [4.69, 9.17) is 0 Å². The van der Waals surface area contributed by atoms with Crippen LogP contribution in [0.3, 0.4) is 0 Å². The predicted octanol–water partition coefficient (Wildman–Crippen LogP) is 3.89. The zero-order valence-electron chi connectivity index (χ0n) is 14.5. The number of halogens is 1.